The predicted molar refractivity (Wildman–Crippen MR) is 47.7 cm³/mol. The second-order valence-corrected chi connectivity index (χ2v) is 3.33. The zero-order chi connectivity index (χ0) is 9.42. The fourth-order valence-electron chi connectivity index (χ4n) is 1.16. The van der Waals surface area contributed by atoms with Crippen molar-refractivity contribution in [2.24, 2.45) is 7.05 Å². The molecule has 0 spiro atoms. The van der Waals surface area contributed by atoms with Gasteiger partial charge in [-0.25, -0.2) is 4.79 Å². The van der Waals surface area contributed by atoms with Gasteiger partial charge in [-0.2, -0.15) is 0 Å². The van der Waals surface area contributed by atoms with Crippen LogP contribution >= 0.6 is 11.5 Å². The Hall–Kier alpha value is -1.43. The van der Waals surface area contributed by atoms with Gasteiger partial charge in [0.25, 0.3) is 0 Å². The number of hydrogen-bond donors (Lipinski definition) is 0. The Balaban J connectivity index is 2.68. The van der Waals surface area contributed by atoms with E-state index in [-0.39, 0.29) is 5.97 Å². The van der Waals surface area contributed by atoms with Crippen molar-refractivity contribution >= 4 is 27.8 Å². The van der Waals surface area contributed by atoms with Crippen molar-refractivity contribution in [3.8, 4) is 0 Å². The van der Waals surface area contributed by atoms with Gasteiger partial charge in [-0.15, -0.1) is 5.10 Å². The Bertz CT molecular complexity index is 459. The lowest BCUT2D eigenvalue weighted by molar-refractivity contribution is 0.0603. The smallest absolute Gasteiger partial charge is 0.341 e. The zero-order valence-corrected chi connectivity index (χ0v) is 7.96. The molecule has 0 aliphatic heterocycles. The van der Waals surface area contributed by atoms with Crippen LogP contribution in [-0.2, 0) is 11.8 Å². The van der Waals surface area contributed by atoms with E-state index >= 15 is 0 Å². The second kappa shape index (κ2) is 2.81. The number of fused-ring (bicyclic) bond motifs is 1. The number of esters is 1. The summed E-state index contributed by atoms with van der Waals surface area (Å²) < 4.78 is 10.9. The molecule has 13 heavy (non-hydrogen) atoms. The van der Waals surface area contributed by atoms with Gasteiger partial charge < -0.3 is 9.30 Å². The van der Waals surface area contributed by atoms with Crippen LogP contribution in [0.3, 0.4) is 0 Å². The molecule has 68 valence electrons. The molecule has 0 unspecified atom stereocenters. The summed E-state index contributed by atoms with van der Waals surface area (Å²) in [5.41, 5.74) is 1.24. The van der Waals surface area contributed by atoms with E-state index in [0.717, 1.165) is 4.70 Å². The zero-order valence-electron chi connectivity index (χ0n) is 7.14. The highest BCUT2D eigenvalue weighted by Crippen LogP contribution is 2.22. The number of ether oxygens (including phenoxy) is 1. The van der Waals surface area contributed by atoms with E-state index < -0.39 is 0 Å². The van der Waals surface area contributed by atoms with Gasteiger partial charge in [-0.05, 0) is 11.5 Å². The van der Waals surface area contributed by atoms with E-state index in [4.69, 9.17) is 0 Å². The third-order valence-corrected chi connectivity index (χ3v) is 2.53. The van der Waals surface area contributed by atoms with Crippen molar-refractivity contribution in [3.63, 3.8) is 0 Å². The number of nitrogens with zero attached hydrogens (tertiary/aromatic N) is 3. The van der Waals surface area contributed by atoms with Crippen molar-refractivity contribution in [1.29, 1.82) is 0 Å². The van der Waals surface area contributed by atoms with Gasteiger partial charge in [-0.3, -0.25) is 0 Å². The van der Waals surface area contributed by atoms with Crippen molar-refractivity contribution in [3.05, 3.63) is 11.8 Å². The highest BCUT2D eigenvalue weighted by atomic mass is 32.1. The van der Waals surface area contributed by atoms with Crippen LogP contribution in [0.2, 0.25) is 0 Å². The quantitative estimate of drug-likeness (QED) is 0.635. The van der Waals surface area contributed by atoms with Crippen molar-refractivity contribution in [2.45, 2.75) is 0 Å². The first-order valence-corrected chi connectivity index (χ1v) is 4.37. The number of carbonyl (C=O) groups is 1. The molecule has 0 amide bonds. The molecule has 0 saturated carbocycles. The summed E-state index contributed by atoms with van der Waals surface area (Å²) in [6, 6.07) is 0. The van der Waals surface area contributed by atoms with Crippen LogP contribution in [0, 0.1) is 0 Å². The molecule has 0 radical (unpaired) electrons. The molecule has 0 fully saturated rings. The lowest BCUT2D eigenvalue weighted by atomic mass is 10.3. The number of aromatic nitrogens is 3. The van der Waals surface area contributed by atoms with Crippen LogP contribution in [0.1, 0.15) is 10.4 Å². The highest BCUT2D eigenvalue weighted by molar-refractivity contribution is 7.13. The van der Waals surface area contributed by atoms with Gasteiger partial charge in [0.05, 0.1) is 12.7 Å². The minimum absolute atomic E-state index is 0.350. The third-order valence-electron chi connectivity index (χ3n) is 1.78. The van der Waals surface area contributed by atoms with Crippen LogP contribution in [0.5, 0.6) is 0 Å². The minimum Gasteiger partial charge on any atom is -0.465 e. The number of methoxy groups -OCH3 is 1. The Labute approximate surface area is 78.1 Å². The fraction of sp³-hybridized carbons (Fsp3) is 0.286. The monoisotopic (exact) mass is 197 g/mol. The fourth-order valence-corrected chi connectivity index (χ4v) is 1.86. The lowest BCUT2D eigenvalue weighted by Crippen LogP contribution is -1.99. The standard InChI is InChI=1S/C7H7N3O2S/c1-10-3-4(7(11)12-2)5-6(10)8-9-13-5/h3H,1-2H3. The van der Waals surface area contributed by atoms with Gasteiger partial charge >= 0.3 is 5.97 Å². The molecular formula is C7H7N3O2S. The van der Waals surface area contributed by atoms with E-state index in [1.807, 2.05) is 7.05 Å². The molecule has 0 bridgehead atoms. The van der Waals surface area contributed by atoms with E-state index in [2.05, 4.69) is 14.3 Å². The molecular weight excluding hydrogens is 190 g/mol. The molecule has 0 aliphatic rings. The number of aryl methyl sites for hydroxylation is 1. The molecule has 2 aromatic rings. The third kappa shape index (κ3) is 1.10. The average molecular weight is 197 g/mol. The maximum absolute atomic E-state index is 11.3. The van der Waals surface area contributed by atoms with E-state index in [0.29, 0.717) is 11.2 Å². The maximum atomic E-state index is 11.3. The molecule has 0 atom stereocenters. The molecule has 5 nitrogen and oxygen atoms in total. The molecule has 0 saturated heterocycles. The summed E-state index contributed by atoms with van der Waals surface area (Å²) in [6.07, 6.45) is 1.70. The van der Waals surface area contributed by atoms with E-state index in [9.17, 15) is 4.79 Å². The van der Waals surface area contributed by atoms with Gasteiger partial charge in [-0.1, -0.05) is 4.49 Å². The van der Waals surface area contributed by atoms with E-state index in [1.165, 1.54) is 18.6 Å². The Morgan fingerprint density at radius 1 is 1.69 bits per heavy atom. The summed E-state index contributed by atoms with van der Waals surface area (Å²) >= 11 is 1.20. The molecule has 2 heterocycles. The van der Waals surface area contributed by atoms with Crippen molar-refractivity contribution in [1.82, 2.24) is 14.2 Å². The second-order valence-electron chi connectivity index (χ2n) is 2.57. The topological polar surface area (TPSA) is 57.0 Å². The number of carbonyl (C=O) groups excluding carboxylic acids is 1. The first-order valence-electron chi connectivity index (χ1n) is 3.59. The van der Waals surface area contributed by atoms with Crippen LogP contribution in [-0.4, -0.2) is 27.2 Å². The van der Waals surface area contributed by atoms with Gasteiger partial charge in [0.1, 0.15) is 4.70 Å². The summed E-state index contributed by atoms with van der Waals surface area (Å²) in [5.74, 6) is -0.350. The van der Waals surface area contributed by atoms with Crippen LogP contribution in [0.25, 0.3) is 10.3 Å². The normalized spacial score (nSPS) is 10.6. The summed E-state index contributed by atoms with van der Waals surface area (Å²) in [7, 11) is 3.17. The number of rotatable bonds is 1. The molecule has 2 rings (SSSR count). The Morgan fingerprint density at radius 2 is 2.46 bits per heavy atom. The van der Waals surface area contributed by atoms with Crippen LogP contribution in [0.15, 0.2) is 6.20 Å². The van der Waals surface area contributed by atoms with Crippen LogP contribution in [0.4, 0.5) is 0 Å². The van der Waals surface area contributed by atoms with Gasteiger partial charge in [0, 0.05) is 13.2 Å². The van der Waals surface area contributed by atoms with Crippen molar-refractivity contribution < 1.29 is 9.53 Å². The Morgan fingerprint density at radius 3 is 3.15 bits per heavy atom. The van der Waals surface area contributed by atoms with E-state index in [1.54, 1.807) is 10.8 Å². The lowest BCUT2D eigenvalue weighted by Gasteiger charge is -1.92. The summed E-state index contributed by atoms with van der Waals surface area (Å²) in [6.45, 7) is 0. The highest BCUT2D eigenvalue weighted by Gasteiger charge is 2.16. The largest absolute Gasteiger partial charge is 0.465 e. The summed E-state index contributed by atoms with van der Waals surface area (Å²) in [4.78, 5) is 11.3. The van der Waals surface area contributed by atoms with Gasteiger partial charge in [0.2, 0.25) is 0 Å². The molecule has 0 N–H and O–H groups in total. The first-order chi connectivity index (χ1) is 6.24. The SMILES string of the molecule is COC(=O)c1cn(C)c2nnsc12. The molecule has 2 aromatic heterocycles. The minimum atomic E-state index is -0.350. The Kier molecular flexibility index (Phi) is 1.77. The maximum Gasteiger partial charge on any atom is 0.341 e. The summed E-state index contributed by atoms with van der Waals surface area (Å²) in [5, 5.41) is 3.88. The van der Waals surface area contributed by atoms with Crippen molar-refractivity contribution in [2.75, 3.05) is 7.11 Å². The number of hydrogen-bond acceptors (Lipinski definition) is 5. The first kappa shape index (κ1) is 8.18. The molecule has 0 aliphatic carbocycles. The van der Waals surface area contributed by atoms with Crippen LogP contribution < -0.4 is 0 Å². The van der Waals surface area contributed by atoms with Gasteiger partial charge in [0.15, 0.2) is 5.65 Å². The molecule has 6 heteroatoms. The molecule has 0 aromatic carbocycles. The average Bonchev–Trinajstić information content (AvgIpc) is 2.68. The predicted octanol–water partition coefficient (Wildman–Crippen LogP) is 0.816.